The molecule has 0 bridgehead atoms. The lowest BCUT2D eigenvalue weighted by molar-refractivity contribution is 0.0498. The van der Waals surface area contributed by atoms with Gasteiger partial charge in [-0.05, 0) is 33.1 Å². The minimum Gasteiger partial charge on any atom is -0.444 e. The Morgan fingerprint density at radius 1 is 1.47 bits per heavy atom. The van der Waals surface area contributed by atoms with E-state index in [1.54, 1.807) is 0 Å². The van der Waals surface area contributed by atoms with E-state index in [0.29, 0.717) is 12.3 Å². The van der Waals surface area contributed by atoms with Gasteiger partial charge in [0.15, 0.2) is 0 Å². The van der Waals surface area contributed by atoms with Crippen LogP contribution in [0.4, 0.5) is 4.79 Å². The number of carbonyl (C=O) groups excluding carboxylic acids is 1. The van der Waals surface area contributed by atoms with Gasteiger partial charge in [0, 0.05) is 12.5 Å². The highest BCUT2D eigenvalue weighted by molar-refractivity contribution is 5.68. The minimum absolute atomic E-state index is 0.0113. The number of nitrogens with zero attached hydrogens (tertiary/aromatic N) is 2. The van der Waals surface area contributed by atoms with Crippen LogP contribution in [0.25, 0.3) is 0 Å². The van der Waals surface area contributed by atoms with E-state index in [4.69, 9.17) is 4.74 Å². The lowest BCUT2D eigenvalue weighted by Crippen LogP contribution is -2.41. The van der Waals surface area contributed by atoms with Gasteiger partial charge in [0.25, 0.3) is 0 Å². The third-order valence-electron chi connectivity index (χ3n) is 2.38. The molecule has 19 heavy (non-hydrogen) atoms. The number of carbonyl (C=O) groups is 1. The monoisotopic (exact) mass is 268 g/mol. The average Bonchev–Trinajstić information content (AvgIpc) is 2.65. The molecule has 1 heterocycles. The van der Waals surface area contributed by atoms with E-state index in [0.717, 1.165) is 12.2 Å². The zero-order valence-electron chi connectivity index (χ0n) is 12.4. The number of alkyl carbamates (subject to hydrolysis) is 1. The predicted molar refractivity (Wildman–Crippen MR) is 72.7 cm³/mol. The summed E-state index contributed by atoms with van der Waals surface area (Å²) < 4.78 is 5.27. The van der Waals surface area contributed by atoms with E-state index in [2.05, 4.69) is 34.3 Å². The largest absolute Gasteiger partial charge is 0.444 e. The van der Waals surface area contributed by atoms with Crippen LogP contribution in [-0.4, -0.2) is 32.9 Å². The first-order valence-electron chi connectivity index (χ1n) is 6.60. The van der Waals surface area contributed by atoms with Crippen molar-refractivity contribution < 1.29 is 9.53 Å². The fourth-order valence-corrected chi connectivity index (χ4v) is 1.80. The molecule has 1 rings (SSSR count). The highest BCUT2D eigenvalue weighted by atomic mass is 16.6. The first kappa shape index (κ1) is 15.5. The average molecular weight is 268 g/mol. The number of ether oxygens (including phenoxy) is 1. The summed E-state index contributed by atoms with van der Waals surface area (Å²) in [5.41, 5.74) is -0.487. The molecule has 2 N–H and O–H groups in total. The van der Waals surface area contributed by atoms with Crippen molar-refractivity contribution in [3.05, 3.63) is 12.2 Å². The molecule has 0 saturated heterocycles. The number of H-pyrrole nitrogens is 1. The van der Waals surface area contributed by atoms with E-state index in [9.17, 15) is 4.79 Å². The van der Waals surface area contributed by atoms with Crippen molar-refractivity contribution in [2.24, 2.45) is 5.92 Å². The molecule has 0 aliphatic rings. The van der Waals surface area contributed by atoms with Gasteiger partial charge in [-0.25, -0.2) is 9.78 Å². The molecule has 108 valence electrons. The lowest BCUT2D eigenvalue weighted by atomic mass is 10.0. The Labute approximate surface area is 114 Å². The van der Waals surface area contributed by atoms with E-state index in [-0.39, 0.29) is 6.04 Å². The molecular formula is C13H24N4O2. The smallest absolute Gasteiger partial charge is 0.407 e. The number of hydrogen-bond acceptors (Lipinski definition) is 4. The Morgan fingerprint density at radius 3 is 2.63 bits per heavy atom. The summed E-state index contributed by atoms with van der Waals surface area (Å²) in [7, 11) is 0. The third-order valence-corrected chi connectivity index (χ3v) is 2.38. The molecule has 0 aromatic carbocycles. The van der Waals surface area contributed by atoms with Crippen molar-refractivity contribution in [3.8, 4) is 0 Å². The van der Waals surface area contributed by atoms with Crippen LogP contribution >= 0.6 is 0 Å². The first-order valence-corrected chi connectivity index (χ1v) is 6.60. The molecule has 6 heteroatoms. The van der Waals surface area contributed by atoms with Gasteiger partial charge in [-0.15, -0.1) is 0 Å². The molecule has 6 nitrogen and oxygen atoms in total. The second kappa shape index (κ2) is 6.54. The molecular weight excluding hydrogens is 244 g/mol. The van der Waals surface area contributed by atoms with Gasteiger partial charge < -0.3 is 10.1 Å². The summed E-state index contributed by atoms with van der Waals surface area (Å²) in [6.45, 7) is 9.77. The van der Waals surface area contributed by atoms with Crippen molar-refractivity contribution in [2.45, 2.75) is 59.1 Å². The number of amides is 1. The molecule has 0 radical (unpaired) electrons. The van der Waals surface area contributed by atoms with E-state index < -0.39 is 11.7 Å². The van der Waals surface area contributed by atoms with Gasteiger partial charge in [0.2, 0.25) is 0 Å². The Kier molecular flexibility index (Phi) is 5.32. The van der Waals surface area contributed by atoms with Crippen molar-refractivity contribution in [1.29, 1.82) is 0 Å². The summed E-state index contributed by atoms with van der Waals surface area (Å²) in [6.07, 6.45) is 2.56. The van der Waals surface area contributed by atoms with Gasteiger partial charge in [-0.1, -0.05) is 13.8 Å². The number of aromatic amines is 1. The van der Waals surface area contributed by atoms with Gasteiger partial charge >= 0.3 is 6.09 Å². The van der Waals surface area contributed by atoms with Crippen molar-refractivity contribution in [3.63, 3.8) is 0 Å². The lowest BCUT2D eigenvalue weighted by Gasteiger charge is -2.24. The zero-order valence-corrected chi connectivity index (χ0v) is 12.4. The highest BCUT2D eigenvalue weighted by Crippen LogP contribution is 2.11. The molecule has 1 amide bonds. The topological polar surface area (TPSA) is 79.9 Å². The Balaban J connectivity index is 2.56. The normalized spacial score (nSPS) is 13.4. The fourth-order valence-electron chi connectivity index (χ4n) is 1.80. The maximum atomic E-state index is 11.8. The number of nitrogens with one attached hydrogen (secondary N) is 2. The second-order valence-electron chi connectivity index (χ2n) is 6.11. The molecule has 0 spiro atoms. The fraction of sp³-hybridized carbons (Fsp3) is 0.769. The second-order valence-corrected chi connectivity index (χ2v) is 6.11. The zero-order chi connectivity index (χ0) is 14.5. The van der Waals surface area contributed by atoms with Crippen LogP contribution in [0.1, 0.15) is 46.9 Å². The number of hydrogen-bond donors (Lipinski definition) is 2. The maximum absolute atomic E-state index is 11.8. The summed E-state index contributed by atoms with van der Waals surface area (Å²) >= 11 is 0. The molecule has 0 unspecified atom stereocenters. The maximum Gasteiger partial charge on any atom is 0.407 e. The number of rotatable bonds is 5. The molecule has 0 aliphatic carbocycles. The first-order chi connectivity index (χ1) is 8.76. The highest BCUT2D eigenvalue weighted by Gasteiger charge is 2.21. The molecule has 0 saturated carbocycles. The van der Waals surface area contributed by atoms with Crippen LogP contribution in [0.3, 0.4) is 0 Å². The molecule has 0 aliphatic heterocycles. The van der Waals surface area contributed by atoms with Crippen LogP contribution in [0, 0.1) is 5.92 Å². The van der Waals surface area contributed by atoms with Gasteiger partial charge in [0.1, 0.15) is 17.8 Å². The van der Waals surface area contributed by atoms with Crippen LogP contribution in [0.2, 0.25) is 0 Å². The molecule has 1 aromatic rings. The van der Waals surface area contributed by atoms with Gasteiger partial charge in [-0.3, -0.25) is 5.10 Å². The Hall–Kier alpha value is -1.59. The van der Waals surface area contributed by atoms with Gasteiger partial charge in [-0.2, -0.15) is 5.10 Å². The Bertz CT molecular complexity index is 382. The van der Waals surface area contributed by atoms with Crippen LogP contribution < -0.4 is 5.32 Å². The molecule has 0 fully saturated rings. The van der Waals surface area contributed by atoms with E-state index in [1.807, 2.05) is 20.8 Å². The quantitative estimate of drug-likeness (QED) is 0.858. The van der Waals surface area contributed by atoms with E-state index >= 15 is 0 Å². The molecule has 1 atom stereocenters. The molecule has 1 aromatic heterocycles. The van der Waals surface area contributed by atoms with E-state index in [1.165, 1.54) is 6.33 Å². The van der Waals surface area contributed by atoms with Gasteiger partial charge in [0.05, 0.1) is 0 Å². The summed E-state index contributed by atoms with van der Waals surface area (Å²) in [4.78, 5) is 15.9. The SMILES string of the molecule is CC(C)C[C@@H](Cc1ncn[nH]1)NC(=O)OC(C)(C)C. The summed E-state index contributed by atoms with van der Waals surface area (Å²) in [6, 6.07) is -0.0113. The summed E-state index contributed by atoms with van der Waals surface area (Å²) in [5.74, 6) is 1.24. The third kappa shape index (κ3) is 6.79. The predicted octanol–water partition coefficient (Wildman–Crippen LogP) is 2.29. The number of aromatic nitrogens is 3. The van der Waals surface area contributed by atoms with Crippen LogP contribution in [0.5, 0.6) is 0 Å². The summed E-state index contributed by atoms with van der Waals surface area (Å²) in [5, 5.41) is 9.52. The van der Waals surface area contributed by atoms with Crippen molar-refractivity contribution in [1.82, 2.24) is 20.5 Å². The Morgan fingerprint density at radius 2 is 2.16 bits per heavy atom. The van der Waals surface area contributed by atoms with Crippen molar-refractivity contribution >= 4 is 6.09 Å². The standard InChI is InChI=1S/C13H24N4O2/c1-9(2)6-10(7-11-14-8-15-17-11)16-12(18)19-13(3,4)5/h8-10H,6-7H2,1-5H3,(H,16,18)(H,14,15,17)/t10-/m0/s1. The van der Waals surface area contributed by atoms with Crippen molar-refractivity contribution in [2.75, 3.05) is 0 Å². The van der Waals surface area contributed by atoms with Crippen LogP contribution in [0.15, 0.2) is 6.33 Å². The minimum atomic E-state index is -0.487. The van der Waals surface area contributed by atoms with Crippen LogP contribution in [-0.2, 0) is 11.2 Å².